The molecule has 27 heavy (non-hydrogen) atoms. The summed E-state index contributed by atoms with van der Waals surface area (Å²) in [6.07, 6.45) is 12.1. The van der Waals surface area contributed by atoms with Crippen molar-refractivity contribution in [3.63, 3.8) is 0 Å². The van der Waals surface area contributed by atoms with Crippen LogP contribution in [0.15, 0.2) is 42.0 Å². The van der Waals surface area contributed by atoms with E-state index in [1.54, 1.807) is 6.56 Å². The van der Waals surface area contributed by atoms with Crippen molar-refractivity contribution in [1.29, 1.82) is 0 Å². The molecule has 2 rings (SSSR count). The summed E-state index contributed by atoms with van der Waals surface area (Å²) < 4.78 is 16.1. The molecule has 0 amide bonds. The second-order valence-electron chi connectivity index (χ2n) is 8.95. The molecule has 2 aliphatic rings. The van der Waals surface area contributed by atoms with Crippen molar-refractivity contribution in [2.45, 2.75) is 78.2 Å². The summed E-state index contributed by atoms with van der Waals surface area (Å²) in [5, 5.41) is 0. The third kappa shape index (κ3) is 8.98. The van der Waals surface area contributed by atoms with E-state index in [1.807, 2.05) is 0 Å². The first-order chi connectivity index (χ1) is 11.5. The molecular formula is C20H36Cl2O2Si2Zr. The van der Waals surface area contributed by atoms with Crippen LogP contribution in [0, 0.1) is 0 Å². The van der Waals surface area contributed by atoms with Gasteiger partial charge in [0.15, 0.2) is 0 Å². The molecule has 0 radical (unpaired) electrons. The third-order valence-electron chi connectivity index (χ3n) is 4.17. The van der Waals surface area contributed by atoms with Gasteiger partial charge in [0, 0.05) is 0 Å². The monoisotopic (exact) mass is 524 g/mol. The number of hydrogen-bond acceptors (Lipinski definition) is 2. The van der Waals surface area contributed by atoms with Crippen LogP contribution in [0.5, 0.6) is 0 Å². The second-order valence-corrected chi connectivity index (χ2v) is 21.5. The van der Waals surface area contributed by atoms with Crippen LogP contribution in [-0.2, 0) is 32.1 Å². The summed E-state index contributed by atoms with van der Waals surface area (Å²) in [5.74, 6) is 0. The van der Waals surface area contributed by atoms with Crippen LogP contribution < -0.4 is 0 Å². The van der Waals surface area contributed by atoms with Crippen LogP contribution in [0.4, 0.5) is 0 Å². The fraction of sp³-hybridized carbons (Fsp3) is 0.600. The summed E-state index contributed by atoms with van der Waals surface area (Å²) in [4.78, 5) is 0. The molecule has 0 aromatic heterocycles. The molecule has 0 fully saturated rings. The maximum Gasteiger partial charge on any atom is -0.147 e. The second kappa shape index (κ2) is 11.2. The Labute approximate surface area is 192 Å². The van der Waals surface area contributed by atoms with E-state index in [0.717, 1.165) is 12.8 Å². The fourth-order valence-electron chi connectivity index (χ4n) is 3.42. The molecule has 0 aromatic rings. The van der Waals surface area contributed by atoms with Gasteiger partial charge in [0.05, 0.1) is 0 Å². The van der Waals surface area contributed by atoms with E-state index >= 15 is 0 Å². The Balaban J connectivity index is 0.00000338. The zero-order valence-electron chi connectivity index (χ0n) is 18.0. The van der Waals surface area contributed by atoms with E-state index < -0.39 is 39.9 Å². The van der Waals surface area contributed by atoms with E-state index in [-0.39, 0.29) is 37.0 Å². The van der Waals surface area contributed by atoms with Crippen molar-refractivity contribution < 1.29 is 32.1 Å². The van der Waals surface area contributed by atoms with Gasteiger partial charge in [-0.1, -0.05) is 0 Å². The van der Waals surface area contributed by atoms with Gasteiger partial charge < -0.3 is 0 Å². The number of hydrogen-bond donors (Lipinski definition) is 0. The predicted octanol–water partition coefficient (Wildman–Crippen LogP) is 6.82. The van der Waals surface area contributed by atoms with Crippen LogP contribution in [-0.4, -0.2) is 28.8 Å². The Hall–Kier alpha value is 0.777. The van der Waals surface area contributed by atoms with Gasteiger partial charge >= 0.3 is 169 Å². The molecule has 0 bridgehead atoms. The Bertz CT molecular complexity index is 575. The van der Waals surface area contributed by atoms with E-state index in [4.69, 9.17) is 8.85 Å². The molecule has 2 unspecified atom stereocenters. The number of rotatable bonds is 8. The maximum absolute atomic E-state index is 6.36. The van der Waals surface area contributed by atoms with Crippen molar-refractivity contribution in [2.24, 2.45) is 0 Å². The maximum atomic E-state index is 6.36. The van der Waals surface area contributed by atoms with Gasteiger partial charge in [-0.3, -0.25) is 0 Å². The van der Waals surface area contributed by atoms with Gasteiger partial charge in [0.2, 0.25) is 0 Å². The SMILES string of the molecule is CC(O[Si](C)(C)C)C1=[C]([Zr][C]2=C(C(C)O[Si](C)(C)C)C=CC2)CC=C1.Cl.Cl. The first-order valence-electron chi connectivity index (χ1n) is 9.38. The van der Waals surface area contributed by atoms with E-state index in [0.29, 0.717) is 0 Å². The molecule has 7 heteroatoms. The van der Waals surface area contributed by atoms with Crippen LogP contribution in [0.1, 0.15) is 26.7 Å². The fourth-order valence-corrected chi connectivity index (χ4v) is 9.89. The minimum atomic E-state index is -1.51. The van der Waals surface area contributed by atoms with Crippen molar-refractivity contribution >= 4 is 41.4 Å². The smallest absolute Gasteiger partial charge is 0.147 e. The summed E-state index contributed by atoms with van der Waals surface area (Å²) in [5.41, 5.74) is 2.96. The van der Waals surface area contributed by atoms with Gasteiger partial charge in [-0.25, -0.2) is 0 Å². The minimum Gasteiger partial charge on any atom is -0.147 e. The number of halogens is 2. The molecular weight excluding hydrogens is 491 g/mol. The third-order valence-corrected chi connectivity index (χ3v) is 10.2. The van der Waals surface area contributed by atoms with Crippen molar-refractivity contribution in [2.75, 3.05) is 0 Å². The van der Waals surface area contributed by atoms with Gasteiger partial charge in [-0.2, -0.15) is 0 Å². The summed E-state index contributed by atoms with van der Waals surface area (Å²) >= 11 is -0.748. The van der Waals surface area contributed by atoms with E-state index in [1.165, 1.54) is 11.1 Å². The Morgan fingerprint density at radius 1 is 0.741 bits per heavy atom. The molecule has 0 heterocycles. The molecule has 0 N–H and O–H groups in total. The largest absolute Gasteiger partial charge is 0.147 e. The van der Waals surface area contributed by atoms with Crippen LogP contribution in [0.2, 0.25) is 39.3 Å². The van der Waals surface area contributed by atoms with E-state index in [9.17, 15) is 0 Å². The molecule has 154 valence electrons. The van der Waals surface area contributed by atoms with Crippen LogP contribution in [0.25, 0.3) is 0 Å². The predicted molar refractivity (Wildman–Crippen MR) is 124 cm³/mol. The van der Waals surface area contributed by atoms with E-state index in [2.05, 4.69) is 77.4 Å². The molecule has 0 saturated carbocycles. The molecule has 2 atom stereocenters. The summed E-state index contributed by atoms with van der Waals surface area (Å²) in [7, 11) is -3.02. The van der Waals surface area contributed by atoms with Gasteiger partial charge in [0.1, 0.15) is 0 Å². The Morgan fingerprint density at radius 2 is 1.07 bits per heavy atom. The van der Waals surface area contributed by atoms with Gasteiger partial charge in [-0.05, 0) is 0 Å². The van der Waals surface area contributed by atoms with Gasteiger partial charge in [0.25, 0.3) is 0 Å². The first-order valence-corrected chi connectivity index (χ1v) is 18.7. The molecule has 0 saturated heterocycles. The van der Waals surface area contributed by atoms with Crippen molar-refractivity contribution in [3.05, 3.63) is 42.0 Å². The van der Waals surface area contributed by atoms with Crippen LogP contribution in [0.3, 0.4) is 0 Å². The first kappa shape index (κ1) is 27.8. The summed E-state index contributed by atoms with van der Waals surface area (Å²) in [6, 6.07) is 0. The van der Waals surface area contributed by atoms with Crippen LogP contribution >= 0.6 is 24.8 Å². The Morgan fingerprint density at radius 3 is 1.37 bits per heavy atom. The molecule has 0 aromatic carbocycles. The molecule has 0 aliphatic heterocycles. The zero-order valence-corrected chi connectivity index (χ0v) is 24.1. The normalized spacial score (nSPS) is 19.1. The Kier molecular flexibility index (Phi) is 11.6. The average Bonchev–Trinajstić information content (AvgIpc) is 3.04. The topological polar surface area (TPSA) is 18.5 Å². The molecule has 2 aliphatic carbocycles. The summed E-state index contributed by atoms with van der Waals surface area (Å²) in [6.45, 7) is 18.1. The molecule has 2 nitrogen and oxygen atoms in total. The van der Waals surface area contributed by atoms with Crippen molar-refractivity contribution in [1.82, 2.24) is 0 Å². The minimum absolute atomic E-state index is 0. The zero-order chi connectivity index (χ0) is 18.8. The van der Waals surface area contributed by atoms with Crippen molar-refractivity contribution in [3.8, 4) is 0 Å². The van der Waals surface area contributed by atoms with Gasteiger partial charge in [-0.15, -0.1) is 24.8 Å². The standard InChI is InChI=1S/2C10H17OSi.2ClH.Zr/c2*1-9(11-12(2,3)4)10-7-5-6-8-10;;;/h2*5,7,9H,6H2,1-4H3;2*1H;. The average molecular weight is 527 g/mol. The quantitative estimate of drug-likeness (QED) is 0.323. The number of allylic oxidation sites excluding steroid dienone is 4. The molecule has 0 spiro atoms.